The molecule has 1 saturated heterocycles. The largest absolute Gasteiger partial charge is 0.454 e. The number of piperidine rings is 1. The molecule has 0 radical (unpaired) electrons. The molecule has 0 bridgehead atoms. The van der Waals surface area contributed by atoms with Gasteiger partial charge in [-0.3, -0.25) is 9.59 Å². The fraction of sp³-hybridized carbons (Fsp3) is 0.333. The summed E-state index contributed by atoms with van der Waals surface area (Å²) in [5, 5.41) is 4.73. The Labute approximate surface area is 170 Å². The zero-order valence-corrected chi connectivity index (χ0v) is 15.7. The van der Waals surface area contributed by atoms with E-state index in [1.165, 1.54) is 0 Å². The van der Waals surface area contributed by atoms with E-state index in [0.29, 0.717) is 17.1 Å². The molecule has 2 aromatic carbocycles. The van der Waals surface area contributed by atoms with Gasteiger partial charge in [0.15, 0.2) is 11.5 Å². The zero-order chi connectivity index (χ0) is 21.3. The first-order valence-electron chi connectivity index (χ1n) is 9.45. The minimum atomic E-state index is -4.53. The molecule has 3 unspecified atom stereocenters. The molecular weight excluding hydrogens is 401 g/mol. The van der Waals surface area contributed by atoms with Crippen molar-refractivity contribution in [3.8, 4) is 11.5 Å². The maximum absolute atomic E-state index is 12.9. The van der Waals surface area contributed by atoms with Crippen LogP contribution < -0.4 is 20.1 Å². The summed E-state index contributed by atoms with van der Waals surface area (Å²) >= 11 is 0. The number of amides is 2. The molecule has 0 spiro atoms. The van der Waals surface area contributed by atoms with Crippen LogP contribution in [0.4, 0.5) is 13.2 Å². The van der Waals surface area contributed by atoms with Crippen molar-refractivity contribution in [1.82, 2.24) is 10.6 Å². The quantitative estimate of drug-likeness (QED) is 0.746. The third kappa shape index (κ3) is 4.05. The first-order valence-corrected chi connectivity index (χ1v) is 9.45. The number of hydrogen-bond acceptors (Lipinski definition) is 4. The van der Waals surface area contributed by atoms with E-state index in [9.17, 15) is 22.8 Å². The number of hydrogen-bond donors (Lipinski definition) is 2. The van der Waals surface area contributed by atoms with E-state index in [-0.39, 0.29) is 19.6 Å². The van der Waals surface area contributed by atoms with Crippen LogP contribution in [-0.2, 0) is 9.59 Å². The van der Waals surface area contributed by atoms with Crippen molar-refractivity contribution in [3.05, 3.63) is 59.7 Å². The predicted molar refractivity (Wildman–Crippen MR) is 99.7 cm³/mol. The lowest BCUT2D eigenvalue weighted by molar-refractivity contribution is -0.171. The first-order chi connectivity index (χ1) is 14.3. The third-order valence-electron chi connectivity index (χ3n) is 5.24. The van der Waals surface area contributed by atoms with E-state index in [4.69, 9.17) is 9.47 Å². The van der Waals surface area contributed by atoms with Gasteiger partial charge in [0.1, 0.15) is 12.0 Å². The highest BCUT2D eigenvalue weighted by Gasteiger charge is 2.46. The van der Waals surface area contributed by atoms with Gasteiger partial charge in [0.05, 0.1) is 6.04 Å². The maximum Gasteiger partial charge on any atom is 0.408 e. The summed E-state index contributed by atoms with van der Waals surface area (Å²) in [6.07, 6.45) is -5.05. The van der Waals surface area contributed by atoms with Crippen molar-refractivity contribution in [2.75, 3.05) is 6.79 Å². The summed E-state index contributed by atoms with van der Waals surface area (Å²) in [4.78, 5) is 25.0. The number of benzene rings is 2. The Morgan fingerprint density at radius 2 is 1.77 bits per heavy atom. The highest BCUT2D eigenvalue weighted by molar-refractivity contribution is 6.01. The van der Waals surface area contributed by atoms with Crippen molar-refractivity contribution in [3.63, 3.8) is 0 Å². The van der Waals surface area contributed by atoms with Crippen molar-refractivity contribution < 1.29 is 32.2 Å². The summed E-state index contributed by atoms with van der Waals surface area (Å²) < 4.78 is 49.3. The van der Waals surface area contributed by atoms with E-state index < -0.39 is 36.0 Å². The molecule has 0 aromatic heterocycles. The summed E-state index contributed by atoms with van der Waals surface area (Å²) in [6.45, 7) is 0.101. The Balaban J connectivity index is 1.55. The van der Waals surface area contributed by atoms with Crippen LogP contribution in [0.15, 0.2) is 48.5 Å². The second kappa shape index (κ2) is 7.89. The molecule has 6 nitrogen and oxygen atoms in total. The number of alkyl halides is 3. The molecule has 0 saturated carbocycles. The fourth-order valence-electron chi connectivity index (χ4n) is 3.64. The molecule has 9 heteroatoms. The summed E-state index contributed by atoms with van der Waals surface area (Å²) in [5.41, 5.74) is 1.46. The van der Waals surface area contributed by atoms with Gasteiger partial charge in [0.2, 0.25) is 18.6 Å². The summed E-state index contributed by atoms with van der Waals surface area (Å²) in [5.74, 6) is -1.62. The van der Waals surface area contributed by atoms with Gasteiger partial charge in [-0.2, -0.15) is 13.2 Å². The number of halogens is 3. The zero-order valence-electron chi connectivity index (χ0n) is 15.7. The second-order valence-corrected chi connectivity index (χ2v) is 7.20. The van der Waals surface area contributed by atoms with Crippen LogP contribution in [0.3, 0.4) is 0 Å². The van der Waals surface area contributed by atoms with Crippen LogP contribution in [0, 0.1) is 5.92 Å². The average molecular weight is 420 g/mol. The van der Waals surface area contributed by atoms with Gasteiger partial charge >= 0.3 is 6.18 Å². The Kier molecular flexibility index (Phi) is 5.27. The van der Waals surface area contributed by atoms with E-state index >= 15 is 0 Å². The monoisotopic (exact) mass is 420 g/mol. The van der Waals surface area contributed by atoms with Crippen LogP contribution in [0.25, 0.3) is 0 Å². The number of carbonyl (C=O) groups excluding carboxylic acids is 2. The molecule has 158 valence electrons. The molecule has 2 aliphatic heterocycles. The maximum atomic E-state index is 12.9. The SMILES string of the molecule is O=C(NC(c1ccccc1)c1ccc2c(c1)OCO2)C1CCC(C(F)(F)F)NC1=O. The molecule has 0 aliphatic carbocycles. The van der Waals surface area contributed by atoms with Gasteiger partial charge in [-0.25, -0.2) is 0 Å². The Morgan fingerprint density at radius 3 is 2.47 bits per heavy atom. The first kappa shape index (κ1) is 20.1. The molecule has 2 heterocycles. The molecule has 2 aromatic rings. The van der Waals surface area contributed by atoms with Crippen LogP contribution in [0.2, 0.25) is 0 Å². The predicted octanol–water partition coefficient (Wildman–Crippen LogP) is 3.08. The van der Waals surface area contributed by atoms with Crippen molar-refractivity contribution in [1.29, 1.82) is 0 Å². The molecular formula is C21H19F3N2O4. The van der Waals surface area contributed by atoms with Gasteiger partial charge in [-0.1, -0.05) is 36.4 Å². The van der Waals surface area contributed by atoms with Crippen molar-refractivity contribution >= 4 is 11.8 Å². The number of carbonyl (C=O) groups is 2. The molecule has 2 N–H and O–H groups in total. The molecule has 2 amide bonds. The minimum Gasteiger partial charge on any atom is -0.454 e. The molecule has 30 heavy (non-hydrogen) atoms. The van der Waals surface area contributed by atoms with E-state index in [2.05, 4.69) is 5.32 Å². The molecule has 2 aliphatic rings. The van der Waals surface area contributed by atoms with Gasteiger partial charge in [0.25, 0.3) is 0 Å². The Bertz CT molecular complexity index is 949. The second-order valence-electron chi connectivity index (χ2n) is 7.20. The van der Waals surface area contributed by atoms with E-state index in [1.807, 2.05) is 35.6 Å². The lowest BCUT2D eigenvalue weighted by Gasteiger charge is -2.31. The van der Waals surface area contributed by atoms with Gasteiger partial charge in [-0.15, -0.1) is 0 Å². The smallest absolute Gasteiger partial charge is 0.408 e. The van der Waals surface area contributed by atoms with Gasteiger partial charge in [-0.05, 0) is 36.1 Å². The van der Waals surface area contributed by atoms with Gasteiger partial charge < -0.3 is 20.1 Å². The minimum absolute atomic E-state index is 0.101. The Hall–Kier alpha value is -3.23. The lowest BCUT2D eigenvalue weighted by atomic mass is 9.91. The summed E-state index contributed by atoms with van der Waals surface area (Å²) in [7, 11) is 0. The highest BCUT2D eigenvalue weighted by atomic mass is 19.4. The number of fused-ring (bicyclic) bond motifs is 1. The van der Waals surface area contributed by atoms with E-state index in [1.54, 1.807) is 18.2 Å². The number of rotatable bonds is 4. The van der Waals surface area contributed by atoms with Gasteiger partial charge in [0, 0.05) is 0 Å². The van der Waals surface area contributed by atoms with Crippen LogP contribution in [-0.4, -0.2) is 30.8 Å². The third-order valence-corrected chi connectivity index (χ3v) is 5.24. The normalized spacial score (nSPS) is 21.6. The average Bonchev–Trinajstić information content (AvgIpc) is 3.19. The van der Waals surface area contributed by atoms with Crippen LogP contribution in [0.5, 0.6) is 11.5 Å². The molecule has 1 fully saturated rings. The summed E-state index contributed by atoms with van der Waals surface area (Å²) in [6, 6.07) is 11.8. The fourth-order valence-corrected chi connectivity index (χ4v) is 3.64. The lowest BCUT2D eigenvalue weighted by Crippen LogP contribution is -2.54. The number of ether oxygens (including phenoxy) is 2. The topological polar surface area (TPSA) is 76.7 Å². The van der Waals surface area contributed by atoms with Crippen LogP contribution in [0.1, 0.15) is 30.0 Å². The Morgan fingerprint density at radius 1 is 1.03 bits per heavy atom. The number of nitrogens with one attached hydrogen (secondary N) is 2. The van der Waals surface area contributed by atoms with Crippen LogP contribution >= 0.6 is 0 Å². The highest BCUT2D eigenvalue weighted by Crippen LogP contribution is 2.36. The standard InChI is InChI=1S/C21H19F3N2O4/c22-21(23,24)17-9-7-14(19(27)25-17)20(28)26-18(12-4-2-1-3-5-12)13-6-8-15-16(10-13)30-11-29-15/h1-6,8,10,14,17-18H,7,9,11H2,(H,25,27)(H,26,28). The van der Waals surface area contributed by atoms with Crippen molar-refractivity contribution in [2.45, 2.75) is 31.1 Å². The molecule has 3 atom stereocenters. The molecule has 4 rings (SSSR count). The van der Waals surface area contributed by atoms with Crippen molar-refractivity contribution in [2.24, 2.45) is 5.92 Å². The van der Waals surface area contributed by atoms with E-state index in [0.717, 1.165) is 5.56 Å².